The van der Waals surface area contributed by atoms with Gasteiger partial charge in [-0.3, -0.25) is 4.79 Å². The van der Waals surface area contributed by atoms with E-state index < -0.39 is 18.2 Å². The van der Waals surface area contributed by atoms with E-state index in [1.807, 2.05) is 6.08 Å². The highest BCUT2D eigenvalue weighted by molar-refractivity contribution is 5.66. The van der Waals surface area contributed by atoms with Crippen LogP contribution in [0.2, 0.25) is 0 Å². The lowest BCUT2D eigenvalue weighted by Crippen LogP contribution is -2.25. The van der Waals surface area contributed by atoms with Crippen LogP contribution in [-0.4, -0.2) is 33.5 Å². The maximum Gasteiger partial charge on any atom is 0.303 e. The molecular weight excluding hydrogens is 280 g/mol. The molecule has 2 atom stereocenters. The molecule has 4 heteroatoms. The largest absolute Gasteiger partial charge is 0.481 e. The SMILES string of the molecule is CCCCCC(O)C(O)CC=CCCCCCCCC(=O)O. The number of aliphatic hydroxyl groups excluding tert-OH is 2. The second-order valence-electron chi connectivity index (χ2n) is 6.04. The number of carboxylic acids is 1. The molecule has 0 heterocycles. The fourth-order valence-electron chi connectivity index (χ4n) is 2.38. The molecule has 0 aliphatic heterocycles. The first-order valence-electron chi connectivity index (χ1n) is 8.80. The summed E-state index contributed by atoms with van der Waals surface area (Å²) in [6, 6.07) is 0. The molecule has 0 radical (unpaired) electrons. The monoisotopic (exact) mass is 314 g/mol. The molecule has 0 aliphatic carbocycles. The van der Waals surface area contributed by atoms with Crippen LogP contribution >= 0.6 is 0 Å². The average Bonchev–Trinajstić information content (AvgIpc) is 2.48. The Hall–Kier alpha value is -0.870. The van der Waals surface area contributed by atoms with Crippen molar-refractivity contribution in [1.82, 2.24) is 0 Å². The molecule has 22 heavy (non-hydrogen) atoms. The third kappa shape index (κ3) is 14.1. The quantitative estimate of drug-likeness (QED) is 0.315. The molecule has 0 aromatic heterocycles. The van der Waals surface area contributed by atoms with Crippen molar-refractivity contribution in [2.45, 2.75) is 96.2 Å². The molecule has 0 aromatic rings. The first kappa shape index (κ1) is 21.1. The van der Waals surface area contributed by atoms with Crippen molar-refractivity contribution < 1.29 is 20.1 Å². The third-order valence-corrected chi connectivity index (χ3v) is 3.85. The van der Waals surface area contributed by atoms with E-state index in [1.54, 1.807) is 0 Å². The van der Waals surface area contributed by atoms with Crippen LogP contribution in [0.25, 0.3) is 0 Å². The molecule has 0 rings (SSSR count). The van der Waals surface area contributed by atoms with E-state index in [-0.39, 0.29) is 6.42 Å². The lowest BCUT2D eigenvalue weighted by molar-refractivity contribution is -0.137. The Balaban J connectivity index is 3.43. The van der Waals surface area contributed by atoms with Crippen LogP contribution in [-0.2, 0) is 4.79 Å². The maximum absolute atomic E-state index is 10.3. The molecule has 0 saturated heterocycles. The second-order valence-corrected chi connectivity index (χ2v) is 6.04. The first-order valence-corrected chi connectivity index (χ1v) is 8.80. The number of rotatable bonds is 15. The van der Waals surface area contributed by atoms with Crippen molar-refractivity contribution in [2.24, 2.45) is 0 Å². The third-order valence-electron chi connectivity index (χ3n) is 3.85. The van der Waals surface area contributed by atoms with E-state index in [1.165, 1.54) is 0 Å². The van der Waals surface area contributed by atoms with Gasteiger partial charge in [-0.15, -0.1) is 0 Å². The molecule has 0 spiro atoms. The first-order chi connectivity index (χ1) is 10.6. The van der Waals surface area contributed by atoms with Gasteiger partial charge in [-0.25, -0.2) is 0 Å². The van der Waals surface area contributed by atoms with Crippen LogP contribution < -0.4 is 0 Å². The van der Waals surface area contributed by atoms with Crippen molar-refractivity contribution in [1.29, 1.82) is 0 Å². The van der Waals surface area contributed by atoms with Crippen LogP contribution in [0.1, 0.15) is 84.0 Å². The number of carbonyl (C=O) groups is 1. The molecule has 0 saturated carbocycles. The molecule has 0 amide bonds. The Morgan fingerprint density at radius 2 is 1.59 bits per heavy atom. The van der Waals surface area contributed by atoms with Crippen LogP contribution in [0.5, 0.6) is 0 Å². The van der Waals surface area contributed by atoms with Crippen LogP contribution in [0.4, 0.5) is 0 Å². The minimum Gasteiger partial charge on any atom is -0.481 e. The molecule has 0 bridgehead atoms. The minimum absolute atomic E-state index is 0.276. The minimum atomic E-state index is -0.710. The smallest absolute Gasteiger partial charge is 0.303 e. The number of hydrogen-bond donors (Lipinski definition) is 3. The predicted octanol–water partition coefficient (Wildman–Crippen LogP) is 4.05. The molecule has 130 valence electrons. The summed E-state index contributed by atoms with van der Waals surface area (Å²) >= 11 is 0. The highest BCUT2D eigenvalue weighted by Crippen LogP contribution is 2.11. The van der Waals surface area contributed by atoms with Gasteiger partial charge in [-0.05, 0) is 32.1 Å². The Morgan fingerprint density at radius 3 is 2.27 bits per heavy atom. The lowest BCUT2D eigenvalue weighted by atomic mass is 10.0. The van der Waals surface area contributed by atoms with E-state index in [0.29, 0.717) is 12.8 Å². The van der Waals surface area contributed by atoms with Crippen molar-refractivity contribution >= 4 is 5.97 Å². The zero-order valence-corrected chi connectivity index (χ0v) is 14.0. The summed E-state index contributed by atoms with van der Waals surface area (Å²) in [6.07, 6.45) is 13.5. The van der Waals surface area contributed by atoms with Gasteiger partial charge in [-0.1, -0.05) is 57.6 Å². The summed E-state index contributed by atoms with van der Waals surface area (Å²) in [5.41, 5.74) is 0. The molecule has 3 N–H and O–H groups in total. The molecular formula is C18H34O4. The normalized spacial score (nSPS) is 14.3. The number of aliphatic hydroxyl groups is 2. The Bertz CT molecular complexity index is 289. The summed E-state index contributed by atoms with van der Waals surface area (Å²) in [5, 5.41) is 28.1. The number of allylic oxidation sites excluding steroid dienone is 1. The van der Waals surface area contributed by atoms with Gasteiger partial charge in [-0.2, -0.15) is 0 Å². The number of aliphatic carboxylic acids is 1. The van der Waals surface area contributed by atoms with E-state index in [2.05, 4.69) is 13.0 Å². The van der Waals surface area contributed by atoms with Gasteiger partial charge >= 0.3 is 5.97 Å². The standard InChI is InChI=1S/C18H34O4/c1-2-3-10-13-16(19)17(20)14-11-8-6-4-5-7-9-12-15-18(21)22/h8,11,16-17,19-20H,2-7,9-10,12-15H2,1H3,(H,21,22). The van der Waals surface area contributed by atoms with Crippen LogP contribution in [0.15, 0.2) is 12.2 Å². The maximum atomic E-state index is 10.3. The molecule has 2 unspecified atom stereocenters. The zero-order valence-electron chi connectivity index (χ0n) is 14.0. The fourth-order valence-corrected chi connectivity index (χ4v) is 2.38. The zero-order chi connectivity index (χ0) is 16.6. The van der Waals surface area contributed by atoms with Gasteiger partial charge < -0.3 is 15.3 Å². The number of carboxylic acid groups (broad SMARTS) is 1. The molecule has 0 aliphatic rings. The van der Waals surface area contributed by atoms with Gasteiger partial charge in [0.05, 0.1) is 12.2 Å². The molecule has 0 aromatic carbocycles. The van der Waals surface area contributed by atoms with Crippen LogP contribution in [0.3, 0.4) is 0 Å². The van der Waals surface area contributed by atoms with Gasteiger partial charge in [0.1, 0.15) is 0 Å². The van der Waals surface area contributed by atoms with E-state index >= 15 is 0 Å². The lowest BCUT2D eigenvalue weighted by Gasteiger charge is -2.15. The van der Waals surface area contributed by atoms with Gasteiger partial charge in [0.2, 0.25) is 0 Å². The summed E-state index contributed by atoms with van der Waals surface area (Å²) in [7, 11) is 0. The summed E-state index contributed by atoms with van der Waals surface area (Å²) < 4.78 is 0. The summed E-state index contributed by atoms with van der Waals surface area (Å²) in [5.74, 6) is -0.710. The van der Waals surface area contributed by atoms with Crippen molar-refractivity contribution in [3.8, 4) is 0 Å². The topological polar surface area (TPSA) is 77.8 Å². The predicted molar refractivity (Wildman–Crippen MR) is 89.9 cm³/mol. The van der Waals surface area contributed by atoms with E-state index in [4.69, 9.17) is 5.11 Å². The fraction of sp³-hybridized carbons (Fsp3) is 0.833. The Kier molecular flexibility index (Phi) is 14.4. The van der Waals surface area contributed by atoms with Gasteiger partial charge in [0, 0.05) is 6.42 Å². The summed E-state index contributed by atoms with van der Waals surface area (Å²) in [6.45, 7) is 2.12. The van der Waals surface area contributed by atoms with Crippen molar-refractivity contribution in [3.63, 3.8) is 0 Å². The number of unbranched alkanes of at least 4 members (excludes halogenated alkanes) is 7. The highest BCUT2D eigenvalue weighted by atomic mass is 16.4. The van der Waals surface area contributed by atoms with Crippen LogP contribution in [0, 0.1) is 0 Å². The second kappa shape index (κ2) is 15.0. The van der Waals surface area contributed by atoms with Crippen molar-refractivity contribution in [2.75, 3.05) is 0 Å². The average molecular weight is 314 g/mol. The van der Waals surface area contributed by atoms with E-state index in [9.17, 15) is 15.0 Å². The van der Waals surface area contributed by atoms with Crippen molar-refractivity contribution in [3.05, 3.63) is 12.2 Å². The number of hydrogen-bond acceptors (Lipinski definition) is 3. The molecule has 0 fully saturated rings. The summed E-state index contributed by atoms with van der Waals surface area (Å²) in [4.78, 5) is 10.3. The van der Waals surface area contributed by atoms with Gasteiger partial charge in [0.15, 0.2) is 0 Å². The highest BCUT2D eigenvalue weighted by Gasteiger charge is 2.13. The molecule has 4 nitrogen and oxygen atoms in total. The van der Waals surface area contributed by atoms with Gasteiger partial charge in [0.25, 0.3) is 0 Å². The Labute approximate surface area is 135 Å². The van der Waals surface area contributed by atoms with E-state index in [0.717, 1.165) is 57.8 Å². The Morgan fingerprint density at radius 1 is 0.909 bits per heavy atom.